The second-order valence-corrected chi connectivity index (χ2v) is 6.60. The summed E-state index contributed by atoms with van der Waals surface area (Å²) in [5.41, 5.74) is 2.12. The molecule has 0 spiro atoms. The number of benzene rings is 1. The Morgan fingerprint density at radius 3 is 2.96 bits per heavy atom. The van der Waals surface area contributed by atoms with Crippen LogP contribution in [0.1, 0.15) is 18.4 Å². The minimum absolute atomic E-state index is 0.0148. The Balaban J connectivity index is 1.64. The number of carbonyl (C=O) groups excluding carboxylic acids is 2. The quantitative estimate of drug-likeness (QED) is 0.922. The van der Waals surface area contributed by atoms with Crippen LogP contribution in [0.3, 0.4) is 0 Å². The molecule has 6 nitrogen and oxygen atoms in total. The molecule has 2 atom stereocenters. The van der Waals surface area contributed by atoms with E-state index in [4.69, 9.17) is 4.74 Å². The zero-order chi connectivity index (χ0) is 16.8. The van der Waals surface area contributed by atoms with Crippen molar-refractivity contribution in [2.75, 3.05) is 13.7 Å². The Bertz CT molecular complexity index is 826. The van der Waals surface area contributed by atoms with Crippen LogP contribution in [0, 0.1) is 0 Å². The van der Waals surface area contributed by atoms with Gasteiger partial charge in [-0.2, -0.15) is 0 Å². The molecule has 1 N–H and O–H groups in total. The lowest BCUT2D eigenvalue weighted by Gasteiger charge is -2.34. The van der Waals surface area contributed by atoms with Gasteiger partial charge in [0.2, 0.25) is 11.8 Å². The number of carbonyl (C=O) groups is 2. The van der Waals surface area contributed by atoms with Gasteiger partial charge in [0.25, 0.3) is 0 Å². The maximum Gasteiger partial charge on any atom is 0.246 e. The van der Waals surface area contributed by atoms with E-state index in [2.05, 4.69) is 5.32 Å². The van der Waals surface area contributed by atoms with Gasteiger partial charge in [0.1, 0.15) is 17.8 Å². The van der Waals surface area contributed by atoms with Crippen LogP contribution in [-0.4, -0.2) is 47.0 Å². The predicted molar refractivity (Wildman–Crippen MR) is 89.8 cm³/mol. The van der Waals surface area contributed by atoms with Gasteiger partial charge in [0.15, 0.2) is 0 Å². The molecule has 1 aromatic carbocycles. The molecular formula is C18H21N3O3. The summed E-state index contributed by atoms with van der Waals surface area (Å²) >= 11 is 0. The largest absolute Gasteiger partial charge is 0.497 e. The van der Waals surface area contributed by atoms with Crippen LogP contribution < -0.4 is 10.1 Å². The zero-order valence-electron chi connectivity index (χ0n) is 13.9. The number of aromatic nitrogens is 1. The molecule has 2 saturated heterocycles. The summed E-state index contributed by atoms with van der Waals surface area (Å²) in [4.78, 5) is 26.7. The number of piperazine rings is 1. The molecule has 0 saturated carbocycles. The van der Waals surface area contributed by atoms with Crippen molar-refractivity contribution in [1.29, 1.82) is 0 Å². The fraction of sp³-hybridized carbons (Fsp3) is 0.444. The molecule has 0 bridgehead atoms. The van der Waals surface area contributed by atoms with Gasteiger partial charge in [0, 0.05) is 37.7 Å². The van der Waals surface area contributed by atoms with Crippen molar-refractivity contribution in [2.24, 2.45) is 7.05 Å². The molecule has 0 unspecified atom stereocenters. The first-order valence-electron chi connectivity index (χ1n) is 8.31. The van der Waals surface area contributed by atoms with Crippen LogP contribution in [-0.2, 0) is 23.1 Å². The van der Waals surface area contributed by atoms with Gasteiger partial charge in [-0.3, -0.25) is 9.59 Å². The molecule has 2 amide bonds. The van der Waals surface area contributed by atoms with Crippen LogP contribution in [0.25, 0.3) is 10.9 Å². The maximum absolute atomic E-state index is 12.7. The molecule has 24 heavy (non-hydrogen) atoms. The molecule has 3 heterocycles. The second kappa shape index (κ2) is 5.54. The summed E-state index contributed by atoms with van der Waals surface area (Å²) in [6.07, 6.45) is 4.22. The van der Waals surface area contributed by atoms with E-state index in [0.717, 1.165) is 35.1 Å². The molecular weight excluding hydrogens is 306 g/mol. The van der Waals surface area contributed by atoms with E-state index in [1.807, 2.05) is 36.0 Å². The summed E-state index contributed by atoms with van der Waals surface area (Å²) < 4.78 is 7.31. The summed E-state index contributed by atoms with van der Waals surface area (Å²) in [7, 11) is 3.62. The summed E-state index contributed by atoms with van der Waals surface area (Å²) in [6, 6.07) is 5.18. The number of fused-ring (bicyclic) bond motifs is 2. The van der Waals surface area contributed by atoms with E-state index >= 15 is 0 Å². The molecule has 2 aromatic rings. The Labute approximate surface area is 140 Å². The van der Waals surface area contributed by atoms with Crippen LogP contribution >= 0.6 is 0 Å². The number of hydrogen-bond donors (Lipinski definition) is 1. The highest BCUT2D eigenvalue weighted by Gasteiger charge is 2.42. The summed E-state index contributed by atoms with van der Waals surface area (Å²) in [5, 5.41) is 4.01. The summed E-state index contributed by atoms with van der Waals surface area (Å²) in [5.74, 6) is 0.832. The molecule has 2 aliphatic heterocycles. The first-order valence-corrected chi connectivity index (χ1v) is 8.31. The molecule has 126 valence electrons. The Morgan fingerprint density at radius 2 is 2.17 bits per heavy atom. The molecule has 1 aromatic heterocycles. The number of amides is 2. The number of nitrogens with one attached hydrogen (secondary N) is 1. The number of aryl methyl sites for hydroxylation is 1. The van der Waals surface area contributed by atoms with Gasteiger partial charge in [-0.15, -0.1) is 0 Å². The van der Waals surface area contributed by atoms with E-state index in [9.17, 15) is 9.59 Å². The van der Waals surface area contributed by atoms with Crippen molar-refractivity contribution >= 4 is 22.7 Å². The first kappa shape index (κ1) is 15.1. The van der Waals surface area contributed by atoms with Crippen LogP contribution in [0.2, 0.25) is 0 Å². The lowest BCUT2D eigenvalue weighted by Crippen LogP contribution is -2.61. The Morgan fingerprint density at radius 1 is 1.33 bits per heavy atom. The fourth-order valence-electron chi connectivity index (χ4n) is 3.93. The van der Waals surface area contributed by atoms with E-state index in [-0.39, 0.29) is 17.9 Å². The third-order valence-corrected chi connectivity index (χ3v) is 5.16. The average molecular weight is 327 g/mol. The monoisotopic (exact) mass is 327 g/mol. The lowest BCUT2D eigenvalue weighted by atomic mass is 10.0. The molecule has 0 aliphatic carbocycles. The molecule has 4 rings (SSSR count). The molecule has 2 fully saturated rings. The lowest BCUT2D eigenvalue weighted by molar-refractivity contribution is -0.146. The number of nitrogens with zero attached hydrogens (tertiary/aromatic N) is 2. The highest BCUT2D eigenvalue weighted by Crippen LogP contribution is 2.28. The van der Waals surface area contributed by atoms with E-state index in [0.29, 0.717) is 13.0 Å². The third-order valence-electron chi connectivity index (χ3n) is 5.16. The van der Waals surface area contributed by atoms with Gasteiger partial charge in [0.05, 0.1) is 12.6 Å². The normalized spacial score (nSPS) is 23.5. The van der Waals surface area contributed by atoms with Crippen molar-refractivity contribution in [2.45, 2.75) is 31.3 Å². The number of hydrogen-bond acceptors (Lipinski definition) is 3. The van der Waals surface area contributed by atoms with Gasteiger partial charge in [-0.1, -0.05) is 0 Å². The van der Waals surface area contributed by atoms with Crippen molar-refractivity contribution in [3.8, 4) is 5.75 Å². The van der Waals surface area contributed by atoms with Gasteiger partial charge in [-0.25, -0.2) is 0 Å². The Hall–Kier alpha value is -2.50. The SMILES string of the molecule is COc1ccc2c(C[C@@H]3NC(=O)[C@@H]4CCCN4C3=O)cn(C)c2c1. The van der Waals surface area contributed by atoms with E-state index in [1.165, 1.54) is 0 Å². The number of rotatable bonds is 3. The maximum atomic E-state index is 12.7. The Kier molecular flexibility index (Phi) is 3.48. The van der Waals surface area contributed by atoms with Crippen molar-refractivity contribution in [3.63, 3.8) is 0 Å². The van der Waals surface area contributed by atoms with Crippen LogP contribution in [0.5, 0.6) is 5.75 Å². The van der Waals surface area contributed by atoms with Crippen molar-refractivity contribution in [1.82, 2.24) is 14.8 Å². The second-order valence-electron chi connectivity index (χ2n) is 6.60. The third kappa shape index (κ3) is 2.25. The van der Waals surface area contributed by atoms with Gasteiger partial charge >= 0.3 is 0 Å². The smallest absolute Gasteiger partial charge is 0.246 e. The minimum atomic E-state index is -0.473. The van der Waals surface area contributed by atoms with Crippen LogP contribution in [0.15, 0.2) is 24.4 Å². The molecule has 2 aliphatic rings. The van der Waals surface area contributed by atoms with E-state index in [1.54, 1.807) is 12.0 Å². The van der Waals surface area contributed by atoms with E-state index < -0.39 is 6.04 Å². The van der Waals surface area contributed by atoms with Crippen LogP contribution in [0.4, 0.5) is 0 Å². The number of ether oxygens (including phenoxy) is 1. The van der Waals surface area contributed by atoms with Crippen molar-refractivity contribution in [3.05, 3.63) is 30.0 Å². The van der Waals surface area contributed by atoms with Gasteiger partial charge < -0.3 is 19.5 Å². The average Bonchev–Trinajstić information content (AvgIpc) is 3.18. The topological polar surface area (TPSA) is 63.6 Å². The predicted octanol–water partition coefficient (Wildman–Crippen LogP) is 1.22. The molecule has 6 heteroatoms. The molecule has 0 radical (unpaired) electrons. The minimum Gasteiger partial charge on any atom is -0.497 e. The standard InChI is InChI=1S/C18H21N3O3/c1-20-10-11(13-6-5-12(24-2)9-16(13)20)8-14-18(23)21-7-3-4-15(21)17(22)19-14/h5-6,9-10,14-15H,3-4,7-8H2,1-2H3,(H,19,22)/t14-,15-/m0/s1. The van der Waals surface area contributed by atoms with Crippen molar-refractivity contribution < 1.29 is 14.3 Å². The fourth-order valence-corrected chi connectivity index (χ4v) is 3.93. The zero-order valence-corrected chi connectivity index (χ0v) is 13.9. The van der Waals surface area contributed by atoms with Gasteiger partial charge in [-0.05, 0) is 30.5 Å². The number of methoxy groups -OCH3 is 1. The first-order chi connectivity index (χ1) is 11.6. The highest BCUT2D eigenvalue weighted by molar-refractivity contribution is 5.98. The summed E-state index contributed by atoms with van der Waals surface area (Å²) in [6.45, 7) is 0.695. The highest BCUT2D eigenvalue weighted by atomic mass is 16.5.